The first-order valence-corrected chi connectivity index (χ1v) is 36.4. The van der Waals surface area contributed by atoms with E-state index < -0.39 is 29.8 Å². The number of carbonyl (C=O) groups is 5. The van der Waals surface area contributed by atoms with Crippen molar-refractivity contribution >= 4 is 138 Å². The molecule has 0 saturated carbocycles. The predicted molar refractivity (Wildman–Crippen MR) is 356 cm³/mol. The highest BCUT2D eigenvalue weighted by Gasteiger charge is 2.07. The van der Waals surface area contributed by atoms with Crippen LogP contribution < -0.4 is 28.7 Å². The number of hydrogen-bond donors (Lipinski definition) is 10. The molecule has 0 radical (unpaired) electrons. The van der Waals surface area contributed by atoms with Crippen LogP contribution in [0.15, 0.2) is 194 Å². The quantitative estimate of drug-likeness (QED) is 0.0161. The number of carboxylic acid groups (broad SMARTS) is 5. The highest BCUT2D eigenvalue weighted by atomic mass is 33.1. The molecule has 442 valence electrons. The van der Waals surface area contributed by atoms with E-state index in [0.29, 0.717) is 60.7 Å². The van der Waals surface area contributed by atoms with E-state index in [9.17, 15) is 24.0 Å². The molecule has 0 amide bonds. The zero-order valence-corrected chi connectivity index (χ0v) is 52.9. The number of benzene rings is 7. The molecule has 0 saturated heterocycles. The summed E-state index contributed by atoms with van der Waals surface area (Å²) < 4.78 is 0. The average Bonchev–Trinajstić information content (AvgIpc) is 3.53. The lowest BCUT2D eigenvalue weighted by atomic mass is 10.1. The number of aliphatic carboxylic acids is 1. The average molecular weight is 1310 g/mol. The van der Waals surface area contributed by atoms with Crippen LogP contribution in [-0.4, -0.2) is 85.7 Å². The Morgan fingerprint density at radius 3 is 0.843 bits per heavy atom. The summed E-state index contributed by atoms with van der Waals surface area (Å²) in [4.78, 5) is 58.4. The zero-order chi connectivity index (χ0) is 60.6. The van der Waals surface area contributed by atoms with Crippen LogP contribution in [-0.2, 0) is 35.9 Å². The molecule has 7 aromatic rings. The zero-order valence-electron chi connectivity index (χ0n) is 44.7. The Balaban J connectivity index is 0.000000274. The molecule has 0 fully saturated rings. The standard InChI is InChI=1S/C15H15NO2S2.C14H13NO2S2.2C10H13NO2S2.C9H11NO2S2/c16-9-11-3-7-14(8-4-11)20-19-10-12-1-5-13(6-2-12)15(17)18;15-9-10-1-5-12(6-2-10)18-19-13-7-3-11(4-8-13)14(16)17;11-5-6-14-15-7-8-1-3-9(4-2-8)10(12)13;11-7-8-1-3-9(4-2-8)15-14-6-5-10(12)13;10-5-6-13-14-8-3-1-7(2-4-8)9(11)12/h1-8H,9-10,16H2,(H,17,18);1-8H,9,15H2,(H,16,17);2*1-4H,5-7,11H2,(H,12,13);1-4H,5-6,10H2,(H,11,12). The first kappa shape index (κ1) is 72.4. The van der Waals surface area contributed by atoms with E-state index in [2.05, 4.69) is 12.1 Å². The van der Waals surface area contributed by atoms with Crippen LogP contribution in [0.3, 0.4) is 0 Å². The molecule has 0 heterocycles. The summed E-state index contributed by atoms with van der Waals surface area (Å²) in [5.74, 6) is -0.139. The van der Waals surface area contributed by atoms with Crippen molar-refractivity contribution in [3.8, 4) is 0 Å². The Kier molecular flexibility index (Phi) is 38.2. The Morgan fingerprint density at radius 2 is 0.542 bits per heavy atom. The fourth-order valence-electron chi connectivity index (χ4n) is 5.71. The highest BCUT2D eigenvalue weighted by Crippen LogP contribution is 2.38. The van der Waals surface area contributed by atoms with Gasteiger partial charge in [0.1, 0.15) is 0 Å². The van der Waals surface area contributed by atoms with Crippen molar-refractivity contribution in [3.63, 3.8) is 0 Å². The van der Waals surface area contributed by atoms with E-state index in [0.717, 1.165) is 70.4 Å². The van der Waals surface area contributed by atoms with Gasteiger partial charge in [0, 0.05) is 86.0 Å². The molecule has 7 aromatic carbocycles. The minimum Gasteiger partial charge on any atom is -0.481 e. The molecule has 0 aliphatic rings. The smallest absolute Gasteiger partial charge is 0.335 e. The van der Waals surface area contributed by atoms with E-state index >= 15 is 0 Å². The summed E-state index contributed by atoms with van der Waals surface area (Å²) in [5.41, 5.74) is 34.2. The lowest BCUT2D eigenvalue weighted by molar-refractivity contribution is -0.136. The fourth-order valence-corrected chi connectivity index (χ4v) is 15.5. The van der Waals surface area contributed by atoms with Crippen molar-refractivity contribution in [3.05, 3.63) is 220 Å². The second-order valence-electron chi connectivity index (χ2n) is 16.3. The minimum atomic E-state index is -0.901. The Bertz CT molecular complexity index is 2970. The molecule has 7 rings (SSSR count). The molecule has 0 aliphatic heterocycles. The van der Waals surface area contributed by atoms with E-state index in [-0.39, 0.29) is 6.42 Å². The van der Waals surface area contributed by atoms with Gasteiger partial charge in [0.15, 0.2) is 0 Å². The fraction of sp³-hybridized carbons (Fsp3) is 0.190. The van der Waals surface area contributed by atoms with Crippen molar-refractivity contribution in [2.75, 3.05) is 30.3 Å². The van der Waals surface area contributed by atoms with Crippen molar-refractivity contribution in [2.24, 2.45) is 28.7 Å². The summed E-state index contributed by atoms with van der Waals surface area (Å²) in [7, 11) is 16.6. The van der Waals surface area contributed by atoms with Gasteiger partial charge in [-0.3, -0.25) is 4.79 Å². The third kappa shape index (κ3) is 32.3. The maximum absolute atomic E-state index is 10.7. The predicted octanol–water partition coefficient (Wildman–Crippen LogP) is 14.1. The van der Waals surface area contributed by atoms with Gasteiger partial charge < -0.3 is 54.2 Å². The van der Waals surface area contributed by atoms with Gasteiger partial charge in [0.2, 0.25) is 0 Å². The lowest BCUT2D eigenvalue weighted by Gasteiger charge is -2.03. The number of nitrogens with two attached hydrogens (primary N) is 5. The summed E-state index contributed by atoms with van der Waals surface area (Å²) in [6, 6.07) is 51.9. The minimum absolute atomic E-state index is 0.207. The monoisotopic (exact) mass is 1310 g/mol. The summed E-state index contributed by atoms with van der Waals surface area (Å²) in [5, 5.41) is 43.4. The molecular weight excluding hydrogens is 1250 g/mol. The van der Waals surface area contributed by atoms with Gasteiger partial charge in [-0.1, -0.05) is 169 Å². The van der Waals surface area contributed by atoms with E-state index in [4.69, 9.17) is 54.2 Å². The summed E-state index contributed by atoms with van der Waals surface area (Å²) in [6.07, 6.45) is 0.207. The van der Waals surface area contributed by atoms with Crippen molar-refractivity contribution in [1.82, 2.24) is 0 Å². The molecule has 0 aliphatic carbocycles. The Morgan fingerprint density at radius 1 is 0.289 bits per heavy atom. The molecule has 0 bridgehead atoms. The van der Waals surface area contributed by atoms with E-state index in [1.165, 1.54) is 4.90 Å². The Hall–Kier alpha value is -4.81. The van der Waals surface area contributed by atoms with Gasteiger partial charge in [0.05, 0.1) is 28.7 Å². The summed E-state index contributed by atoms with van der Waals surface area (Å²) in [6.45, 7) is 3.01. The van der Waals surface area contributed by atoms with Crippen molar-refractivity contribution < 1.29 is 49.5 Å². The van der Waals surface area contributed by atoms with E-state index in [1.807, 2.05) is 97.1 Å². The van der Waals surface area contributed by atoms with Crippen LogP contribution in [0, 0.1) is 0 Å². The van der Waals surface area contributed by atoms with Crippen LogP contribution in [0.25, 0.3) is 0 Å². The van der Waals surface area contributed by atoms with Gasteiger partial charge in [-0.05, 0) is 137 Å². The van der Waals surface area contributed by atoms with Gasteiger partial charge >= 0.3 is 29.8 Å². The van der Waals surface area contributed by atoms with Gasteiger partial charge in [-0.2, -0.15) is 0 Å². The molecule has 0 spiro atoms. The largest absolute Gasteiger partial charge is 0.481 e. The maximum atomic E-state index is 10.7. The van der Waals surface area contributed by atoms with Crippen LogP contribution in [0.4, 0.5) is 0 Å². The molecule has 15 nitrogen and oxygen atoms in total. The molecular formula is C58H65N5O10S10. The first-order valence-electron chi connectivity index (χ1n) is 24.8. The van der Waals surface area contributed by atoms with Gasteiger partial charge in [-0.25, -0.2) is 19.2 Å². The second-order valence-corrected chi connectivity index (χ2v) is 28.5. The van der Waals surface area contributed by atoms with E-state index in [1.54, 1.807) is 169 Å². The Labute approximate surface area is 523 Å². The third-order valence-electron chi connectivity index (χ3n) is 10.1. The van der Waals surface area contributed by atoms with Crippen LogP contribution >= 0.6 is 108 Å². The maximum Gasteiger partial charge on any atom is 0.335 e. The number of hydrogen-bond acceptors (Lipinski definition) is 20. The van der Waals surface area contributed by atoms with Gasteiger partial charge in [-0.15, -0.1) is 0 Å². The van der Waals surface area contributed by atoms with Crippen LogP contribution in [0.5, 0.6) is 0 Å². The van der Waals surface area contributed by atoms with Gasteiger partial charge in [0.25, 0.3) is 0 Å². The van der Waals surface area contributed by atoms with Crippen LogP contribution in [0.1, 0.15) is 75.7 Å². The second kappa shape index (κ2) is 43.8. The topological polar surface area (TPSA) is 317 Å². The molecule has 25 heteroatoms. The highest BCUT2D eigenvalue weighted by molar-refractivity contribution is 8.77. The third-order valence-corrected chi connectivity index (χ3v) is 22.0. The number of aromatic carboxylic acids is 4. The lowest BCUT2D eigenvalue weighted by Crippen LogP contribution is -1.99. The molecule has 0 unspecified atom stereocenters. The molecule has 0 atom stereocenters. The first-order chi connectivity index (χ1) is 40.1. The normalized spacial score (nSPS) is 10.3. The van der Waals surface area contributed by atoms with Crippen molar-refractivity contribution in [2.45, 2.75) is 62.0 Å². The number of rotatable bonds is 28. The SMILES string of the molecule is NCCSSCc1ccc(C(=O)O)cc1.NCCSSc1ccc(C(=O)O)cc1.NCc1ccc(SSCCC(=O)O)cc1.NCc1ccc(SSCc2ccc(C(=O)O)cc2)cc1.NCc1ccc(SSc2ccc(C(=O)O)cc2)cc1. The van der Waals surface area contributed by atoms with Crippen LogP contribution in [0.2, 0.25) is 0 Å². The number of carboxylic acids is 5. The summed E-state index contributed by atoms with van der Waals surface area (Å²) >= 11 is 0. The molecule has 15 N–H and O–H groups in total. The van der Waals surface area contributed by atoms with Crippen molar-refractivity contribution in [1.29, 1.82) is 0 Å². The molecule has 83 heavy (non-hydrogen) atoms. The molecule has 0 aromatic heterocycles.